The number of benzene rings is 3. The molecule has 0 aliphatic heterocycles. The fraction of sp³-hybridized carbons (Fsp3) is 0.172. The van der Waals surface area contributed by atoms with Gasteiger partial charge in [-0.2, -0.15) is 0 Å². The van der Waals surface area contributed by atoms with Gasteiger partial charge in [-0.1, -0.05) is 36.8 Å². The largest absolute Gasteiger partial charge is 0.497 e. The number of carboxylic acid groups (broad SMARTS) is 1. The predicted octanol–water partition coefficient (Wildman–Crippen LogP) is 7.30. The number of methoxy groups -OCH3 is 1. The van der Waals surface area contributed by atoms with Crippen LogP contribution < -0.4 is 4.74 Å². The molecule has 176 valence electrons. The van der Waals surface area contributed by atoms with Gasteiger partial charge in [0.25, 0.3) is 0 Å². The van der Waals surface area contributed by atoms with Crippen LogP contribution in [0.15, 0.2) is 72.3 Å². The molecule has 0 atom stereocenters. The van der Waals surface area contributed by atoms with Crippen LogP contribution in [0.25, 0.3) is 27.4 Å². The Morgan fingerprint density at radius 1 is 1.09 bits per heavy atom. The van der Waals surface area contributed by atoms with Crippen molar-refractivity contribution in [2.75, 3.05) is 7.11 Å². The van der Waals surface area contributed by atoms with Crippen molar-refractivity contribution in [1.82, 2.24) is 4.98 Å². The summed E-state index contributed by atoms with van der Waals surface area (Å²) in [5.74, 6) is -0.571. The highest BCUT2D eigenvalue weighted by Crippen LogP contribution is 2.46. The van der Waals surface area contributed by atoms with Crippen LogP contribution in [-0.4, -0.2) is 23.2 Å². The smallest absolute Gasteiger partial charge is 0.328 e. The van der Waals surface area contributed by atoms with E-state index in [-0.39, 0.29) is 11.7 Å². The Morgan fingerprint density at radius 3 is 2.51 bits per heavy atom. The Morgan fingerprint density at radius 2 is 1.86 bits per heavy atom. The highest BCUT2D eigenvalue weighted by molar-refractivity contribution is 7.16. The van der Waals surface area contributed by atoms with Gasteiger partial charge in [0.05, 0.1) is 22.8 Å². The number of halogens is 1. The van der Waals surface area contributed by atoms with E-state index in [9.17, 15) is 4.79 Å². The SMILES string of the molecule is COc1ccc(C(=C(c2ccc(C=CC(=O)O)cc2)c2ccc3scnc3c2)C2CCC2)c(F)c1. The fourth-order valence-electron chi connectivity index (χ4n) is 4.52. The van der Waals surface area contributed by atoms with Crippen molar-refractivity contribution in [2.45, 2.75) is 19.3 Å². The van der Waals surface area contributed by atoms with E-state index in [1.165, 1.54) is 13.2 Å². The van der Waals surface area contributed by atoms with Crippen LogP contribution in [0, 0.1) is 11.7 Å². The summed E-state index contributed by atoms with van der Waals surface area (Å²) >= 11 is 1.59. The number of fused-ring (bicyclic) bond motifs is 1. The number of aliphatic carboxylic acids is 1. The zero-order valence-electron chi connectivity index (χ0n) is 19.2. The Bertz CT molecular complexity index is 1450. The molecule has 5 rings (SSSR count). The lowest BCUT2D eigenvalue weighted by Crippen LogP contribution is -2.16. The standard InChI is InChI=1S/C29H24FNO3S/c1-34-22-11-12-23(24(30)16-22)29(19-3-2-4-19)28(21-10-13-26-25(15-21)31-17-35-26)20-8-5-18(6-9-20)7-14-27(32)33/h5-17,19H,2-4H2,1H3,(H,32,33). The lowest BCUT2D eigenvalue weighted by molar-refractivity contribution is -0.131. The number of ether oxygens (including phenoxy) is 1. The molecule has 35 heavy (non-hydrogen) atoms. The zero-order chi connectivity index (χ0) is 24.4. The monoisotopic (exact) mass is 485 g/mol. The van der Waals surface area contributed by atoms with Crippen LogP contribution >= 0.6 is 11.3 Å². The fourth-order valence-corrected chi connectivity index (χ4v) is 5.18. The van der Waals surface area contributed by atoms with Crippen molar-refractivity contribution in [1.29, 1.82) is 0 Å². The number of rotatable bonds is 7. The Kier molecular flexibility index (Phi) is 6.47. The van der Waals surface area contributed by atoms with Gasteiger partial charge in [0.2, 0.25) is 0 Å². The summed E-state index contributed by atoms with van der Waals surface area (Å²) < 4.78 is 21.8. The maximum atomic E-state index is 15.5. The van der Waals surface area contributed by atoms with Crippen molar-refractivity contribution >= 4 is 44.7 Å². The van der Waals surface area contributed by atoms with E-state index >= 15 is 4.39 Å². The average molecular weight is 486 g/mol. The van der Waals surface area contributed by atoms with Crippen molar-refractivity contribution in [2.24, 2.45) is 5.92 Å². The molecule has 4 aromatic rings. The molecule has 4 nitrogen and oxygen atoms in total. The van der Waals surface area contributed by atoms with Gasteiger partial charge < -0.3 is 9.84 Å². The van der Waals surface area contributed by atoms with Crippen LogP contribution in [0.2, 0.25) is 0 Å². The van der Waals surface area contributed by atoms with Crippen LogP contribution in [0.5, 0.6) is 5.75 Å². The van der Waals surface area contributed by atoms with Gasteiger partial charge >= 0.3 is 5.97 Å². The van der Waals surface area contributed by atoms with Crippen LogP contribution in [0.1, 0.15) is 41.5 Å². The molecule has 0 radical (unpaired) electrons. The summed E-state index contributed by atoms with van der Waals surface area (Å²) in [4.78, 5) is 15.4. The number of aromatic nitrogens is 1. The molecule has 1 N–H and O–H groups in total. The maximum Gasteiger partial charge on any atom is 0.328 e. The van der Waals surface area contributed by atoms with Gasteiger partial charge in [0.15, 0.2) is 0 Å². The first-order valence-electron chi connectivity index (χ1n) is 11.5. The van der Waals surface area contributed by atoms with E-state index in [1.807, 2.05) is 35.8 Å². The Hall–Kier alpha value is -3.77. The van der Waals surface area contributed by atoms with Crippen molar-refractivity contribution in [3.63, 3.8) is 0 Å². The van der Waals surface area contributed by atoms with Crippen molar-refractivity contribution in [3.05, 3.63) is 100 Å². The first kappa shape index (κ1) is 23.0. The number of hydrogen-bond acceptors (Lipinski definition) is 4. The number of carboxylic acids is 1. The first-order valence-corrected chi connectivity index (χ1v) is 12.3. The van der Waals surface area contributed by atoms with E-state index in [2.05, 4.69) is 23.2 Å². The second-order valence-electron chi connectivity index (χ2n) is 8.59. The zero-order valence-corrected chi connectivity index (χ0v) is 20.0. The Labute approximate surface area is 207 Å². The highest BCUT2D eigenvalue weighted by atomic mass is 32.1. The van der Waals surface area contributed by atoms with Crippen LogP contribution in [-0.2, 0) is 4.79 Å². The number of carbonyl (C=O) groups is 1. The summed E-state index contributed by atoms with van der Waals surface area (Å²) in [6.45, 7) is 0. The second-order valence-corrected chi connectivity index (χ2v) is 9.48. The molecule has 1 fully saturated rings. The molecule has 1 heterocycles. The minimum Gasteiger partial charge on any atom is -0.497 e. The maximum absolute atomic E-state index is 15.5. The van der Waals surface area contributed by atoms with Gasteiger partial charge in [0, 0.05) is 17.7 Å². The average Bonchev–Trinajstić information content (AvgIpc) is 3.30. The molecule has 0 amide bonds. The molecule has 1 aliphatic rings. The third-order valence-corrected chi connectivity index (χ3v) is 7.30. The summed E-state index contributed by atoms with van der Waals surface area (Å²) in [5, 5.41) is 8.95. The van der Waals surface area contributed by atoms with E-state index < -0.39 is 5.97 Å². The number of thiazole rings is 1. The topological polar surface area (TPSA) is 59.4 Å². The predicted molar refractivity (Wildman–Crippen MR) is 139 cm³/mol. The molecule has 1 aromatic heterocycles. The molecular formula is C29H24FNO3S. The number of nitrogens with zero attached hydrogens (tertiary/aromatic N) is 1. The molecule has 0 bridgehead atoms. The van der Waals surface area contributed by atoms with E-state index in [1.54, 1.807) is 23.5 Å². The van der Waals surface area contributed by atoms with Crippen LogP contribution in [0.4, 0.5) is 4.39 Å². The number of allylic oxidation sites excluding steroid dienone is 1. The van der Waals surface area contributed by atoms with E-state index in [0.29, 0.717) is 11.3 Å². The van der Waals surface area contributed by atoms with E-state index in [4.69, 9.17) is 9.84 Å². The molecule has 1 aliphatic carbocycles. The molecular weight excluding hydrogens is 461 g/mol. The van der Waals surface area contributed by atoms with Crippen molar-refractivity contribution < 1.29 is 19.0 Å². The first-order chi connectivity index (χ1) is 17.0. The normalized spacial score (nSPS) is 14.7. The van der Waals surface area contributed by atoms with Crippen LogP contribution in [0.3, 0.4) is 0 Å². The lowest BCUT2D eigenvalue weighted by atomic mass is 9.73. The summed E-state index contributed by atoms with van der Waals surface area (Å²) in [6.07, 6.45) is 5.80. The van der Waals surface area contributed by atoms with Gasteiger partial charge in [-0.25, -0.2) is 14.2 Å². The van der Waals surface area contributed by atoms with E-state index in [0.717, 1.165) is 63.4 Å². The number of hydrogen-bond donors (Lipinski definition) is 1. The molecule has 1 saturated carbocycles. The minimum atomic E-state index is -0.992. The van der Waals surface area contributed by atoms with Crippen molar-refractivity contribution in [3.8, 4) is 5.75 Å². The van der Waals surface area contributed by atoms with Gasteiger partial charge in [-0.05, 0) is 76.9 Å². The molecule has 3 aromatic carbocycles. The Balaban J connectivity index is 1.74. The lowest BCUT2D eigenvalue weighted by Gasteiger charge is -2.32. The summed E-state index contributed by atoms with van der Waals surface area (Å²) in [6, 6.07) is 19.0. The molecule has 6 heteroatoms. The van der Waals surface area contributed by atoms with Gasteiger partial charge in [0.1, 0.15) is 11.6 Å². The third kappa shape index (κ3) is 4.75. The highest BCUT2D eigenvalue weighted by Gasteiger charge is 2.29. The molecule has 0 saturated heterocycles. The quantitative estimate of drug-likeness (QED) is 0.220. The molecule has 0 spiro atoms. The summed E-state index contributed by atoms with van der Waals surface area (Å²) in [5.41, 5.74) is 8.00. The minimum absolute atomic E-state index is 0.241. The van der Waals surface area contributed by atoms with Gasteiger partial charge in [-0.3, -0.25) is 0 Å². The third-order valence-electron chi connectivity index (χ3n) is 6.49. The summed E-state index contributed by atoms with van der Waals surface area (Å²) in [7, 11) is 1.53. The van der Waals surface area contributed by atoms with Gasteiger partial charge in [-0.15, -0.1) is 11.3 Å². The second kappa shape index (κ2) is 9.84. The molecule has 0 unspecified atom stereocenters.